The molecule has 2 aromatic heterocycles. The molecule has 1 aliphatic heterocycles. The van der Waals surface area contributed by atoms with E-state index < -0.39 is 0 Å². The number of morpholine rings is 1. The molecular formula is C17H22ClN5O2. The zero-order valence-electron chi connectivity index (χ0n) is 14.3. The second-order valence-electron chi connectivity index (χ2n) is 7.13. The zero-order chi connectivity index (χ0) is 17.4. The lowest BCUT2D eigenvalue weighted by Crippen LogP contribution is -2.43. The van der Waals surface area contributed by atoms with Gasteiger partial charge in [-0.15, -0.1) is 0 Å². The lowest BCUT2D eigenvalue weighted by atomic mass is 10.1. The van der Waals surface area contributed by atoms with Gasteiger partial charge in [0.1, 0.15) is 5.02 Å². The molecule has 0 bridgehead atoms. The van der Waals surface area contributed by atoms with Crippen LogP contribution < -0.4 is 5.32 Å². The van der Waals surface area contributed by atoms with Crippen molar-refractivity contribution in [1.82, 2.24) is 24.8 Å². The number of aryl methyl sites for hydroxylation is 1. The Morgan fingerprint density at radius 3 is 2.88 bits per heavy atom. The van der Waals surface area contributed by atoms with Crippen LogP contribution >= 0.6 is 11.6 Å². The summed E-state index contributed by atoms with van der Waals surface area (Å²) in [6, 6.07) is 0. The first-order chi connectivity index (χ1) is 12.1. The first-order valence-corrected chi connectivity index (χ1v) is 9.03. The van der Waals surface area contributed by atoms with Gasteiger partial charge in [-0.25, -0.2) is 9.50 Å². The van der Waals surface area contributed by atoms with Crippen LogP contribution in [0.4, 0.5) is 0 Å². The Balaban J connectivity index is 1.41. The number of rotatable bonds is 5. The summed E-state index contributed by atoms with van der Waals surface area (Å²) in [7, 11) is 0. The summed E-state index contributed by atoms with van der Waals surface area (Å²) >= 11 is 6.30. The van der Waals surface area contributed by atoms with E-state index in [2.05, 4.69) is 20.3 Å². The summed E-state index contributed by atoms with van der Waals surface area (Å²) in [5.74, 6) is -0.235. The Morgan fingerprint density at radius 2 is 2.16 bits per heavy atom. The van der Waals surface area contributed by atoms with Gasteiger partial charge < -0.3 is 10.1 Å². The van der Waals surface area contributed by atoms with E-state index in [0.717, 1.165) is 51.3 Å². The number of hydrogen-bond acceptors (Lipinski definition) is 5. The minimum atomic E-state index is -0.235. The van der Waals surface area contributed by atoms with E-state index in [1.54, 1.807) is 10.7 Å². The van der Waals surface area contributed by atoms with Crippen LogP contribution in [0, 0.1) is 12.3 Å². The van der Waals surface area contributed by atoms with E-state index in [4.69, 9.17) is 16.3 Å². The largest absolute Gasteiger partial charge is 0.379 e. The molecule has 1 N–H and O–H groups in total. The number of ether oxygens (including phenoxy) is 1. The molecule has 134 valence electrons. The molecular weight excluding hydrogens is 342 g/mol. The summed E-state index contributed by atoms with van der Waals surface area (Å²) < 4.78 is 6.96. The van der Waals surface area contributed by atoms with Gasteiger partial charge in [0.05, 0.1) is 13.2 Å². The van der Waals surface area contributed by atoms with Crippen molar-refractivity contribution in [2.24, 2.45) is 5.41 Å². The quantitative estimate of drug-likeness (QED) is 0.872. The lowest BCUT2D eigenvalue weighted by Gasteiger charge is -2.30. The van der Waals surface area contributed by atoms with Crippen LogP contribution in [-0.4, -0.2) is 64.8 Å². The molecule has 7 nitrogen and oxygen atoms in total. The van der Waals surface area contributed by atoms with E-state index in [9.17, 15) is 4.79 Å². The number of fused-ring (bicyclic) bond motifs is 1. The van der Waals surface area contributed by atoms with Gasteiger partial charge in [-0.1, -0.05) is 11.6 Å². The fraction of sp³-hybridized carbons (Fsp3) is 0.588. The van der Waals surface area contributed by atoms with Crippen molar-refractivity contribution in [1.29, 1.82) is 0 Å². The van der Waals surface area contributed by atoms with E-state index in [1.165, 1.54) is 0 Å². The molecule has 0 aromatic carbocycles. The average Bonchev–Trinajstić information content (AvgIpc) is 3.30. The molecule has 2 fully saturated rings. The minimum Gasteiger partial charge on any atom is -0.379 e. The topological polar surface area (TPSA) is 71.8 Å². The predicted octanol–water partition coefficient (Wildman–Crippen LogP) is 1.53. The van der Waals surface area contributed by atoms with Crippen LogP contribution in [0.2, 0.25) is 5.02 Å². The molecule has 2 aliphatic rings. The van der Waals surface area contributed by atoms with Gasteiger partial charge in [0.15, 0.2) is 11.3 Å². The number of hydrogen-bond donors (Lipinski definition) is 1. The van der Waals surface area contributed by atoms with Gasteiger partial charge in [0.2, 0.25) is 0 Å². The van der Waals surface area contributed by atoms with E-state index in [1.807, 2.05) is 13.1 Å². The summed E-state index contributed by atoms with van der Waals surface area (Å²) in [6.45, 7) is 7.12. The summed E-state index contributed by atoms with van der Waals surface area (Å²) in [5, 5.41) is 7.62. The standard InChI is InChI=1S/C17H22ClN5O2/c1-12-8-19-15-13(18)14(21-23(15)9-12)16(24)20-10-17(2-3-17)11-22-4-6-25-7-5-22/h8-9H,2-7,10-11H2,1H3,(H,20,24). The third kappa shape index (κ3) is 3.49. The number of halogens is 1. The molecule has 25 heavy (non-hydrogen) atoms. The van der Waals surface area contributed by atoms with E-state index in [-0.39, 0.29) is 17.0 Å². The van der Waals surface area contributed by atoms with Crippen molar-refractivity contribution in [3.05, 3.63) is 28.7 Å². The molecule has 4 rings (SSSR count). The first-order valence-electron chi connectivity index (χ1n) is 8.65. The molecule has 1 aliphatic carbocycles. The molecule has 1 amide bonds. The molecule has 8 heteroatoms. The highest BCUT2D eigenvalue weighted by Crippen LogP contribution is 2.45. The lowest BCUT2D eigenvalue weighted by molar-refractivity contribution is 0.0283. The van der Waals surface area contributed by atoms with Crippen LogP contribution in [0.5, 0.6) is 0 Å². The van der Waals surface area contributed by atoms with Crippen LogP contribution in [0.15, 0.2) is 12.4 Å². The highest BCUT2D eigenvalue weighted by atomic mass is 35.5. The Labute approximate surface area is 151 Å². The Bertz CT molecular complexity index is 796. The number of nitrogens with one attached hydrogen (secondary N) is 1. The second kappa shape index (κ2) is 6.55. The zero-order valence-corrected chi connectivity index (χ0v) is 15.1. The molecule has 1 saturated carbocycles. The van der Waals surface area contributed by atoms with Gasteiger partial charge in [-0.05, 0) is 25.3 Å². The molecule has 0 unspecified atom stereocenters. The van der Waals surface area contributed by atoms with Crippen molar-refractivity contribution in [2.45, 2.75) is 19.8 Å². The highest BCUT2D eigenvalue weighted by Gasteiger charge is 2.44. The Hall–Kier alpha value is -1.70. The summed E-state index contributed by atoms with van der Waals surface area (Å²) in [4.78, 5) is 19.2. The number of nitrogens with zero attached hydrogens (tertiary/aromatic N) is 4. The summed E-state index contributed by atoms with van der Waals surface area (Å²) in [5.41, 5.74) is 1.89. The molecule has 1 saturated heterocycles. The van der Waals surface area contributed by atoms with Crippen LogP contribution in [0.25, 0.3) is 5.65 Å². The van der Waals surface area contributed by atoms with E-state index >= 15 is 0 Å². The number of aromatic nitrogens is 3. The maximum atomic E-state index is 12.6. The molecule has 0 radical (unpaired) electrons. The monoisotopic (exact) mass is 363 g/mol. The third-order valence-corrected chi connectivity index (χ3v) is 5.35. The first kappa shape index (κ1) is 16.8. The fourth-order valence-corrected chi connectivity index (χ4v) is 3.56. The Kier molecular flexibility index (Phi) is 4.39. The van der Waals surface area contributed by atoms with Crippen molar-refractivity contribution in [2.75, 3.05) is 39.4 Å². The smallest absolute Gasteiger partial charge is 0.273 e. The van der Waals surface area contributed by atoms with Crippen LogP contribution in [0.3, 0.4) is 0 Å². The normalized spacial score (nSPS) is 19.9. The van der Waals surface area contributed by atoms with Crippen LogP contribution in [-0.2, 0) is 4.74 Å². The molecule has 0 spiro atoms. The van der Waals surface area contributed by atoms with Crippen LogP contribution in [0.1, 0.15) is 28.9 Å². The highest BCUT2D eigenvalue weighted by molar-refractivity contribution is 6.36. The van der Waals surface area contributed by atoms with Gasteiger partial charge in [0.25, 0.3) is 5.91 Å². The van der Waals surface area contributed by atoms with Gasteiger partial charge in [0, 0.05) is 44.0 Å². The summed E-state index contributed by atoms with van der Waals surface area (Å²) in [6.07, 6.45) is 5.81. The van der Waals surface area contributed by atoms with E-state index in [0.29, 0.717) is 17.2 Å². The van der Waals surface area contributed by atoms with Crippen molar-refractivity contribution >= 4 is 23.2 Å². The fourth-order valence-electron chi connectivity index (χ4n) is 3.30. The van der Waals surface area contributed by atoms with Crippen molar-refractivity contribution in [3.63, 3.8) is 0 Å². The van der Waals surface area contributed by atoms with Crippen molar-refractivity contribution in [3.8, 4) is 0 Å². The van der Waals surface area contributed by atoms with Crippen molar-refractivity contribution < 1.29 is 9.53 Å². The Morgan fingerprint density at radius 1 is 1.40 bits per heavy atom. The maximum absolute atomic E-state index is 12.6. The number of carbonyl (C=O) groups is 1. The number of amides is 1. The second-order valence-corrected chi connectivity index (χ2v) is 7.51. The molecule has 2 aromatic rings. The average molecular weight is 364 g/mol. The van der Waals surface area contributed by atoms with Gasteiger partial charge in [-0.2, -0.15) is 5.10 Å². The SMILES string of the molecule is Cc1cnc2c(Cl)c(C(=O)NCC3(CN4CCOCC4)CC3)nn2c1. The van der Waals surface area contributed by atoms with Gasteiger partial charge in [-0.3, -0.25) is 9.69 Å². The minimum absolute atomic E-state index is 0.188. The van der Waals surface area contributed by atoms with Gasteiger partial charge >= 0.3 is 0 Å². The molecule has 0 atom stereocenters. The maximum Gasteiger partial charge on any atom is 0.273 e. The third-order valence-electron chi connectivity index (χ3n) is 5.00. The predicted molar refractivity (Wildman–Crippen MR) is 94.0 cm³/mol. The number of carbonyl (C=O) groups excluding carboxylic acids is 1. The molecule has 3 heterocycles.